The zero-order valence-corrected chi connectivity index (χ0v) is 18.9. The first-order valence-electron chi connectivity index (χ1n) is 11.3. The van der Waals surface area contributed by atoms with Gasteiger partial charge in [-0.1, -0.05) is 61.5 Å². The summed E-state index contributed by atoms with van der Waals surface area (Å²) >= 11 is 0. The minimum absolute atomic E-state index is 0.562. The molecule has 0 N–H and O–H groups in total. The average molecular weight is 409 g/mol. The topological polar surface area (TPSA) is 27.0 Å². The van der Waals surface area contributed by atoms with Crippen molar-refractivity contribution in [1.82, 2.24) is 4.90 Å². The molecule has 1 aliphatic rings. The van der Waals surface area contributed by atoms with Crippen LogP contribution in [0.25, 0.3) is 0 Å². The average Bonchev–Trinajstić information content (AvgIpc) is 2.76. The molecule has 3 rings (SSSR count). The van der Waals surface area contributed by atoms with Gasteiger partial charge in [0.05, 0.1) is 6.07 Å². The van der Waals surface area contributed by atoms with Crippen LogP contribution < -0.4 is 0 Å². The SMILES string of the molecule is CC#N.CCC(CCc1ccc(C2CCC(F)CC2)cc1)N(C)Cc1ccccc1. The van der Waals surface area contributed by atoms with E-state index in [1.54, 1.807) is 6.07 Å². The van der Waals surface area contributed by atoms with Crippen LogP contribution in [0.4, 0.5) is 4.39 Å². The molecule has 0 heterocycles. The maximum absolute atomic E-state index is 13.3. The first-order valence-corrected chi connectivity index (χ1v) is 11.3. The Morgan fingerprint density at radius 2 is 1.60 bits per heavy atom. The van der Waals surface area contributed by atoms with E-state index in [9.17, 15) is 4.39 Å². The van der Waals surface area contributed by atoms with Crippen molar-refractivity contribution in [3.05, 3.63) is 71.3 Å². The van der Waals surface area contributed by atoms with Crippen molar-refractivity contribution >= 4 is 0 Å². The van der Waals surface area contributed by atoms with E-state index in [0.717, 1.165) is 38.6 Å². The zero-order valence-electron chi connectivity index (χ0n) is 18.9. The lowest BCUT2D eigenvalue weighted by atomic mass is 9.83. The Hall–Kier alpha value is -2.18. The smallest absolute Gasteiger partial charge is 0.100 e. The van der Waals surface area contributed by atoms with Crippen LogP contribution in [0, 0.1) is 11.3 Å². The molecule has 3 heteroatoms. The standard InChI is InChI=1S/C25H34FN.C2H3N/c1-3-25(27(2)19-21-7-5-4-6-8-21)18-11-20-9-12-22(13-10-20)23-14-16-24(26)17-15-23;1-2-3/h4-10,12-13,23-25H,3,11,14-19H2,1-2H3;1H3. The Kier molecular flexibility index (Phi) is 10.6. The quantitative estimate of drug-likeness (QED) is 0.468. The molecule has 1 aliphatic carbocycles. The summed E-state index contributed by atoms with van der Waals surface area (Å²) in [5.41, 5.74) is 4.20. The van der Waals surface area contributed by atoms with Gasteiger partial charge in [-0.25, -0.2) is 4.39 Å². The van der Waals surface area contributed by atoms with Crippen molar-refractivity contribution in [3.8, 4) is 6.07 Å². The molecule has 0 radical (unpaired) electrons. The normalized spacial score (nSPS) is 19.5. The third-order valence-electron chi connectivity index (χ3n) is 6.24. The summed E-state index contributed by atoms with van der Waals surface area (Å²) < 4.78 is 13.3. The Morgan fingerprint density at radius 1 is 1.00 bits per heavy atom. The molecule has 0 aromatic heterocycles. The summed E-state index contributed by atoms with van der Waals surface area (Å²) in [7, 11) is 2.24. The van der Waals surface area contributed by atoms with Crippen molar-refractivity contribution < 1.29 is 4.39 Å². The van der Waals surface area contributed by atoms with Gasteiger partial charge in [0.15, 0.2) is 0 Å². The lowest BCUT2D eigenvalue weighted by Gasteiger charge is -2.27. The van der Waals surface area contributed by atoms with E-state index in [1.165, 1.54) is 36.5 Å². The predicted molar refractivity (Wildman–Crippen MR) is 124 cm³/mol. The minimum Gasteiger partial charge on any atom is -0.299 e. The van der Waals surface area contributed by atoms with Crippen LogP contribution in [0.2, 0.25) is 0 Å². The molecule has 2 aromatic rings. The predicted octanol–water partition coefficient (Wildman–Crippen LogP) is 7.06. The Bertz CT molecular complexity index is 743. The number of nitriles is 1. The van der Waals surface area contributed by atoms with E-state index >= 15 is 0 Å². The Balaban J connectivity index is 0.00000101. The Labute approximate surface area is 182 Å². The van der Waals surface area contributed by atoms with Gasteiger partial charge in [0.2, 0.25) is 0 Å². The van der Waals surface area contributed by atoms with Crippen LogP contribution >= 0.6 is 0 Å². The molecule has 2 aromatic carbocycles. The van der Waals surface area contributed by atoms with E-state index in [-0.39, 0.29) is 0 Å². The summed E-state index contributed by atoms with van der Waals surface area (Å²) in [5.74, 6) is 0.562. The zero-order chi connectivity index (χ0) is 21.8. The first-order chi connectivity index (χ1) is 14.6. The molecule has 30 heavy (non-hydrogen) atoms. The van der Waals surface area contributed by atoms with Crippen LogP contribution in [0.5, 0.6) is 0 Å². The van der Waals surface area contributed by atoms with Crippen molar-refractivity contribution in [2.45, 2.75) is 83.5 Å². The second kappa shape index (κ2) is 13.2. The Morgan fingerprint density at radius 3 is 2.17 bits per heavy atom. The monoisotopic (exact) mass is 408 g/mol. The van der Waals surface area contributed by atoms with Crippen LogP contribution in [-0.2, 0) is 13.0 Å². The highest BCUT2D eigenvalue weighted by molar-refractivity contribution is 5.26. The largest absolute Gasteiger partial charge is 0.299 e. The highest BCUT2D eigenvalue weighted by Gasteiger charge is 2.21. The number of aryl methyl sites for hydroxylation is 1. The molecule has 1 saturated carbocycles. The fourth-order valence-corrected chi connectivity index (χ4v) is 4.41. The molecule has 0 spiro atoms. The molecule has 162 valence electrons. The van der Waals surface area contributed by atoms with Crippen LogP contribution in [0.1, 0.15) is 75.0 Å². The third-order valence-corrected chi connectivity index (χ3v) is 6.24. The van der Waals surface area contributed by atoms with E-state index in [4.69, 9.17) is 5.26 Å². The number of nitrogens with zero attached hydrogens (tertiary/aromatic N) is 2. The van der Waals surface area contributed by atoms with Gasteiger partial charge in [0.1, 0.15) is 6.17 Å². The summed E-state index contributed by atoms with van der Waals surface area (Å²) in [6.45, 7) is 4.73. The number of hydrogen-bond acceptors (Lipinski definition) is 2. The van der Waals surface area contributed by atoms with E-state index < -0.39 is 6.17 Å². The molecule has 0 saturated heterocycles. The molecular weight excluding hydrogens is 371 g/mol. The van der Waals surface area contributed by atoms with Gasteiger partial charge in [-0.2, -0.15) is 5.26 Å². The summed E-state index contributed by atoms with van der Waals surface area (Å²) in [4.78, 5) is 2.49. The third kappa shape index (κ3) is 7.92. The second-order valence-corrected chi connectivity index (χ2v) is 8.42. The molecule has 1 atom stereocenters. The molecule has 0 amide bonds. The summed E-state index contributed by atoms with van der Waals surface area (Å²) in [6, 6.07) is 22.2. The maximum atomic E-state index is 13.3. The highest BCUT2D eigenvalue weighted by atomic mass is 19.1. The molecule has 0 bridgehead atoms. The van der Waals surface area contributed by atoms with Crippen LogP contribution in [-0.4, -0.2) is 24.2 Å². The van der Waals surface area contributed by atoms with Crippen molar-refractivity contribution in [1.29, 1.82) is 5.26 Å². The molecule has 0 aliphatic heterocycles. The van der Waals surface area contributed by atoms with Gasteiger partial charge < -0.3 is 0 Å². The molecule has 1 unspecified atom stereocenters. The maximum Gasteiger partial charge on any atom is 0.100 e. The van der Waals surface area contributed by atoms with Crippen LogP contribution in [0.15, 0.2) is 54.6 Å². The fraction of sp³-hybridized carbons (Fsp3) is 0.519. The minimum atomic E-state index is -0.570. The van der Waals surface area contributed by atoms with Crippen molar-refractivity contribution in [2.24, 2.45) is 0 Å². The van der Waals surface area contributed by atoms with Crippen LogP contribution in [0.3, 0.4) is 0 Å². The van der Waals surface area contributed by atoms with Gasteiger partial charge in [-0.05, 0) is 74.6 Å². The van der Waals surface area contributed by atoms with E-state index in [2.05, 4.69) is 73.5 Å². The molecule has 1 fully saturated rings. The van der Waals surface area contributed by atoms with Gasteiger partial charge in [0.25, 0.3) is 0 Å². The fourth-order valence-electron chi connectivity index (χ4n) is 4.41. The number of halogens is 1. The number of rotatable bonds is 8. The highest BCUT2D eigenvalue weighted by Crippen LogP contribution is 2.34. The van der Waals surface area contributed by atoms with Gasteiger partial charge in [0, 0.05) is 19.5 Å². The first kappa shape index (κ1) is 24.1. The molecule has 2 nitrogen and oxygen atoms in total. The number of hydrogen-bond donors (Lipinski definition) is 0. The number of benzene rings is 2. The lowest BCUT2D eigenvalue weighted by Crippen LogP contribution is -2.31. The van der Waals surface area contributed by atoms with E-state index in [0.29, 0.717) is 12.0 Å². The van der Waals surface area contributed by atoms with Gasteiger partial charge in [-0.15, -0.1) is 0 Å². The van der Waals surface area contributed by atoms with Crippen molar-refractivity contribution in [2.75, 3.05) is 7.05 Å². The summed E-state index contributed by atoms with van der Waals surface area (Å²) in [5, 5.41) is 7.32. The summed E-state index contributed by atoms with van der Waals surface area (Å²) in [6.07, 6.45) is 6.39. The van der Waals surface area contributed by atoms with Gasteiger partial charge in [-0.3, -0.25) is 4.90 Å². The van der Waals surface area contributed by atoms with E-state index in [1.807, 2.05) is 0 Å². The van der Waals surface area contributed by atoms with Gasteiger partial charge >= 0.3 is 0 Å². The lowest BCUT2D eigenvalue weighted by molar-refractivity contribution is 0.216. The number of alkyl halides is 1. The molecular formula is C27H37FN2. The van der Waals surface area contributed by atoms with Crippen molar-refractivity contribution in [3.63, 3.8) is 0 Å². The second-order valence-electron chi connectivity index (χ2n) is 8.42.